The summed E-state index contributed by atoms with van der Waals surface area (Å²) in [6, 6.07) is 17.7. The van der Waals surface area contributed by atoms with E-state index >= 15 is 0 Å². The highest BCUT2D eigenvalue weighted by Crippen LogP contribution is 2.25. The number of anilines is 1. The second kappa shape index (κ2) is 13.5. The summed E-state index contributed by atoms with van der Waals surface area (Å²) in [5.74, 6) is 1.07. The number of rotatable bonds is 12. The zero-order chi connectivity index (χ0) is 28.5. The van der Waals surface area contributed by atoms with Crippen LogP contribution in [0.5, 0.6) is 17.2 Å². The third-order valence-corrected chi connectivity index (χ3v) is 6.52. The summed E-state index contributed by atoms with van der Waals surface area (Å²) < 4.78 is 31.2. The molecule has 0 saturated heterocycles. The second-order valence-corrected chi connectivity index (χ2v) is 9.23. The van der Waals surface area contributed by atoms with E-state index < -0.39 is 5.82 Å². The molecule has 40 heavy (non-hydrogen) atoms. The smallest absolute Gasteiger partial charge is 0.251 e. The molecule has 2 amide bonds. The highest BCUT2D eigenvalue weighted by molar-refractivity contribution is 7.99. The van der Waals surface area contributed by atoms with Gasteiger partial charge >= 0.3 is 0 Å². The van der Waals surface area contributed by atoms with Crippen molar-refractivity contribution in [2.24, 2.45) is 0 Å². The fourth-order valence-electron chi connectivity index (χ4n) is 3.69. The number of nitrogens with zero attached hydrogens (tertiary/aromatic N) is 3. The number of aromatic nitrogens is 3. The molecule has 0 aliphatic heterocycles. The summed E-state index contributed by atoms with van der Waals surface area (Å²) in [5, 5.41) is 14.5. The number of carbonyl (C=O) groups excluding carboxylic acids is 2. The van der Waals surface area contributed by atoms with Crippen molar-refractivity contribution in [3.05, 3.63) is 83.9 Å². The molecule has 1 heterocycles. The molecule has 0 aliphatic rings. The quantitative estimate of drug-likeness (QED) is 0.242. The van der Waals surface area contributed by atoms with Crippen LogP contribution < -0.4 is 24.8 Å². The van der Waals surface area contributed by atoms with Crippen molar-refractivity contribution in [2.45, 2.75) is 18.6 Å². The summed E-state index contributed by atoms with van der Waals surface area (Å²) in [7, 11) is 3.00. The molecule has 10 nitrogen and oxygen atoms in total. The molecule has 0 radical (unpaired) electrons. The van der Waals surface area contributed by atoms with Crippen LogP contribution in [0.1, 0.15) is 23.1 Å². The molecule has 0 saturated carbocycles. The predicted molar refractivity (Wildman–Crippen MR) is 149 cm³/mol. The number of thioether (sulfide) groups is 1. The lowest BCUT2D eigenvalue weighted by molar-refractivity contribution is -0.113. The van der Waals surface area contributed by atoms with Gasteiger partial charge in [0.2, 0.25) is 5.91 Å². The third kappa shape index (κ3) is 7.29. The van der Waals surface area contributed by atoms with Gasteiger partial charge in [0.15, 0.2) is 11.0 Å². The topological polar surface area (TPSA) is 117 Å². The van der Waals surface area contributed by atoms with E-state index in [9.17, 15) is 14.0 Å². The van der Waals surface area contributed by atoms with Crippen LogP contribution in [0.3, 0.4) is 0 Å². The van der Waals surface area contributed by atoms with Gasteiger partial charge in [0, 0.05) is 23.0 Å². The Labute approximate surface area is 234 Å². The lowest BCUT2D eigenvalue weighted by atomic mass is 10.2. The fraction of sp³-hybridized carbons (Fsp3) is 0.214. The number of nitrogens with one attached hydrogen (secondary N) is 2. The standard InChI is InChI=1S/C28H28FN5O5S/c1-4-39-22-11-7-20(8-12-22)31-26(35)17-40-28-33-32-25(34(28)21-9-5-19(29)6-10-21)16-30-27(36)18-13-23(37-2)15-24(14-18)38-3/h5-15H,4,16-17H2,1-3H3,(H,30,36)(H,31,35). The van der Waals surface area contributed by atoms with Gasteiger partial charge < -0.3 is 24.8 Å². The summed E-state index contributed by atoms with van der Waals surface area (Å²) >= 11 is 1.16. The highest BCUT2D eigenvalue weighted by Gasteiger charge is 2.18. The number of carbonyl (C=O) groups is 2. The van der Waals surface area contributed by atoms with Crippen LogP contribution in [0.4, 0.5) is 10.1 Å². The molecule has 0 atom stereocenters. The minimum atomic E-state index is -0.400. The van der Waals surface area contributed by atoms with Crippen molar-refractivity contribution in [1.29, 1.82) is 0 Å². The van der Waals surface area contributed by atoms with Gasteiger partial charge in [-0.2, -0.15) is 0 Å². The van der Waals surface area contributed by atoms with Crippen LogP contribution in [0.15, 0.2) is 71.9 Å². The molecule has 0 spiro atoms. The van der Waals surface area contributed by atoms with Crippen LogP contribution in [-0.2, 0) is 11.3 Å². The van der Waals surface area contributed by atoms with E-state index in [1.807, 2.05) is 6.92 Å². The van der Waals surface area contributed by atoms with Crippen molar-refractivity contribution in [2.75, 3.05) is 31.9 Å². The van der Waals surface area contributed by atoms with Gasteiger partial charge in [-0.1, -0.05) is 11.8 Å². The summed E-state index contributed by atoms with van der Waals surface area (Å²) in [5.41, 5.74) is 1.55. The minimum Gasteiger partial charge on any atom is -0.497 e. The molecule has 0 fully saturated rings. The van der Waals surface area contributed by atoms with Crippen molar-refractivity contribution in [1.82, 2.24) is 20.1 Å². The molecular formula is C28H28FN5O5S. The second-order valence-electron chi connectivity index (χ2n) is 8.29. The molecule has 208 valence electrons. The molecule has 12 heteroatoms. The number of amides is 2. The molecule has 0 unspecified atom stereocenters. The summed E-state index contributed by atoms with van der Waals surface area (Å²) in [4.78, 5) is 25.5. The van der Waals surface area contributed by atoms with Gasteiger partial charge in [0.1, 0.15) is 23.1 Å². The van der Waals surface area contributed by atoms with Crippen LogP contribution in [0, 0.1) is 5.82 Å². The van der Waals surface area contributed by atoms with Gasteiger partial charge in [-0.05, 0) is 67.6 Å². The Morgan fingerprint density at radius 3 is 2.23 bits per heavy atom. The van der Waals surface area contributed by atoms with Crippen LogP contribution in [0.25, 0.3) is 5.69 Å². The maximum atomic E-state index is 13.6. The number of benzene rings is 3. The number of hydrogen-bond donors (Lipinski definition) is 2. The number of halogens is 1. The largest absolute Gasteiger partial charge is 0.497 e. The normalized spacial score (nSPS) is 10.6. The molecule has 3 aromatic carbocycles. The first-order valence-electron chi connectivity index (χ1n) is 12.3. The Kier molecular flexibility index (Phi) is 9.57. The first kappa shape index (κ1) is 28.4. The van der Waals surface area contributed by atoms with Gasteiger partial charge in [-0.15, -0.1) is 10.2 Å². The first-order valence-corrected chi connectivity index (χ1v) is 13.3. The number of ether oxygens (including phenoxy) is 3. The predicted octanol–water partition coefficient (Wildman–Crippen LogP) is 4.48. The Hall–Kier alpha value is -4.58. The Bertz CT molecular complexity index is 1440. The average Bonchev–Trinajstić information content (AvgIpc) is 3.38. The molecule has 4 aromatic rings. The van der Waals surface area contributed by atoms with Gasteiger partial charge in [0.05, 0.1) is 33.1 Å². The van der Waals surface area contributed by atoms with Gasteiger partial charge in [-0.25, -0.2) is 4.39 Å². The Morgan fingerprint density at radius 1 is 0.925 bits per heavy atom. The third-order valence-electron chi connectivity index (χ3n) is 5.59. The van der Waals surface area contributed by atoms with E-state index in [0.29, 0.717) is 51.8 Å². The van der Waals surface area contributed by atoms with Crippen molar-refractivity contribution < 1.29 is 28.2 Å². The van der Waals surface area contributed by atoms with Crippen LogP contribution in [-0.4, -0.2) is 53.2 Å². The number of hydrogen-bond acceptors (Lipinski definition) is 8. The van der Waals surface area contributed by atoms with Crippen LogP contribution in [0.2, 0.25) is 0 Å². The molecule has 1 aromatic heterocycles. The van der Waals surface area contributed by atoms with Crippen molar-refractivity contribution >= 4 is 29.3 Å². The van der Waals surface area contributed by atoms with E-state index in [1.54, 1.807) is 59.2 Å². The van der Waals surface area contributed by atoms with Gasteiger partial charge in [0.25, 0.3) is 5.91 Å². The maximum Gasteiger partial charge on any atom is 0.251 e. The first-order chi connectivity index (χ1) is 19.4. The highest BCUT2D eigenvalue weighted by atomic mass is 32.2. The van der Waals surface area contributed by atoms with E-state index in [0.717, 1.165) is 11.8 Å². The molecule has 2 N–H and O–H groups in total. The van der Waals surface area contributed by atoms with Crippen LogP contribution >= 0.6 is 11.8 Å². The lowest BCUT2D eigenvalue weighted by Crippen LogP contribution is -2.24. The SMILES string of the molecule is CCOc1ccc(NC(=O)CSc2nnc(CNC(=O)c3cc(OC)cc(OC)c3)n2-c2ccc(F)cc2)cc1. The average molecular weight is 566 g/mol. The molecule has 4 rings (SSSR count). The monoisotopic (exact) mass is 565 g/mol. The van der Waals surface area contributed by atoms with E-state index in [-0.39, 0.29) is 24.1 Å². The lowest BCUT2D eigenvalue weighted by Gasteiger charge is -2.12. The van der Waals surface area contributed by atoms with E-state index in [1.165, 1.54) is 26.4 Å². The van der Waals surface area contributed by atoms with Crippen molar-refractivity contribution in [3.8, 4) is 22.9 Å². The Morgan fingerprint density at radius 2 is 1.60 bits per heavy atom. The van der Waals surface area contributed by atoms with Crippen molar-refractivity contribution in [3.63, 3.8) is 0 Å². The van der Waals surface area contributed by atoms with E-state index in [4.69, 9.17) is 14.2 Å². The summed E-state index contributed by atoms with van der Waals surface area (Å²) in [6.07, 6.45) is 0. The molecular weight excluding hydrogens is 537 g/mol. The maximum absolute atomic E-state index is 13.6. The summed E-state index contributed by atoms with van der Waals surface area (Å²) in [6.45, 7) is 2.47. The minimum absolute atomic E-state index is 0.0155. The number of methoxy groups -OCH3 is 2. The van der Waals surface area contributed by atoms with Gasteiger partial charge in [-0.3, -0.25) is 14.2 Å². The molecule has 0 bridgehead atoms. The Balaban J connectivity index is 1.48. The van der Waals surface area contributed by atoms with E-state index in [2.05, 4.69) is 20.8 Å². The zero-order valence-corrected chi connectivity index (χ0v) is 23.0. The molecule has 0 aliphatic carbocycles. The fourth-order valence-corrected chi connectivity index (χ4v) is 4.46. The zero-order valence-electron chi connectivity index (χ0n) is 22.1.